The number of hydrogen-bond acceptors (Lipinski definition) is 7. The minimum atomic E-state index is -3.20. The van der Waals surface area contributed by atoms with Crippen molar-refractivity contribution in [3.8, 4) is 5.75 Å². The Morgan fingerprint density at radius 3 is 2.67 bits per heavy atom. The Kier molecular flexibility index (Phi) is 8.01. The second kappa shape index (κ2) is 10.9. The lowest BCUT2D eigenvalue weighted by molar-refractivity contribution is -0.0782. The zero-order valence-corrected chi connectivity index (χ0v) is 22.3. The molecule has 0 bridgehead atoms. The maximum absolute atomic E-state index is 15.2. The summed E-state index contributed by atoms with van der Waals surface area (Å²) >= 11 is 0. The predicted octanol–water partition coefficient (Wildman–Crippen LogP) is 5.04. The molecule has 1 atom stereocenters. The number of hydrogen-bond donors (Lipinski definition) is 1. The minimum Gasteiger partial charge on any atom is -0.495 e. The number of aliphatic imine (C=N–C) groups is 1. The Morgan fingerprint density at radius 1 is 1.33 bits per heavy atom. The molecule has 2 aromatic heterocycles. The number of nitrogens with one attached hydrogen (secondary N) is 1. The average molecular weight is 553 g/mol. The van der Waals surface area contributed by atoms with E-state index in [4.69, 9.17) is 9.47 Å². The van der Waals surface area contributed by atoms with Crippen LogP contribution < -0.4 is 10.1 Å². The van der Waals surface area contributed by atoms with Crippen LogP contribution in [-0.4, -0.2) is 76.6 Å². The van der Waals surface area contributed by atoms with E-state index < -0.39 is 54.8 Å². The van der Waals surface area contributed by atoms with E-state index in [1.165, 1.54) is 17.8 Å². The number of ether oxygens (including phenoxy) is 2. The van der Waals surface area contributed by atoms with Crippen molar-refractivity contribution in [3.05, 3.63) is 41.4 Å². The second-order valence-electron chi connectivity index (χ2n) is 10.7. The van der Waals surface area contributed by atoms with Gasteiger partial charge < -0.3 is 19.7 Å². The van der Waals surface area contributed by atoms with Crippen molar-refractivity contribution < 1.29 is 31.8 Å². The number of amides is 1. The van der Waals surface area contributed by atoms with Gasteiger partial charge in [-0.25, -0.2) is 31.9 Å². The molecule has 39 heavy (non-hydrogen) atoms. The molecule has 9 nitrogen and oxygen atoms in total. The van der Waals surface area contributed by atoms with Gasteiger partial charge >= 0.3 is 6.09 Å². The summed E-state index contributed by atoms with van der Waals surface area (Å²) in [6.07, 6.45) is 2.37. The molecule has 0 spiro atoms. The van der Waals surface area contributed by atoms with Gasteiger partial charge in [0, 0.05) is 43.6 Å². The van der Waals surface area contributed by atoms with E-state index in [-0.39, 0.29) is 23.9 Å². The van der Waals surface area contributed by atoms with Crippen LogP contribution in [0.3, 0.4) is 0 Å². The summed E-state index contributed by atoms with van der Waals surface area (Å²) in [7, 11) is 1.53. The minimum absolute atomic E-state index is 0.115. The molecule has 13 heteroatoms. The van der Waals surface area contributed by atoms with Crippen molar-refractivity contribution in [3.63, 3.8) is 0 Å². The molecule has 2 aromatic rings. The highest BCUT2D eigenvalue weighted by molar-refractivity contribution is 5.71. The summed E-state index contributed by atoms with van der Waals surface area (Å²) in [5, 5.41) is 7.19. The quantitative estimate of drug-likeness (QED) is 0.280. The summed E-state index contributed by atoms with van der Waals surface area (Å²) in [4.78, 5) is 21.1. The molecule has 1 aliphatic heterocycles. The van der Waals surface area contributed by atoms with Gasteiger partial charge in [-0.05, 0) is 40.3 Å². The zero-order valence-electron chi connectivity index (χ0n) is 22.3. The van der Waals surface area contributed by atoms with Crippen LogP contribution in [0.5, 0.6) is 5.75 Å². The normalized spacial score (nSPS) is 20.6. The van der Waals surface area contributed by atoms with Crippen LogP contribution in [0.15, 0.2) is 35.0 Å². The van der Waals surface area contributed by atoms with Crippen molar-refractivity contribution in [1.29, 1.82) is 0 Å². The van der Waals surface area contributed by atoms with E-state index in [1.807, 2.05) is 0 Å². The lowest BCUT2D eigenvalue weighted by Gasteiger charge is -2.38. The number of alkyl halides is 2. The first kappa shape index (κ1) is 28.5. The zero-order chi connectivity index (χ0) is 28.5. The van der Waals surface area contributed by atoms with Gasteiger partial charge in [0.05, 0.1) is 19.9 Å². The number of nitrogens with zero attached hydrogens (tertiary/aromatic N) is 5. The molecule has 0 radical (unpaired) electrons. The van der Waals surface area contributed by atoms with E-state index in [9.17, 15) is 18.0 Å². The molecule has 1 saturated heterocycles. The lowest BCUT2D eigenvalue weighted by atomic mass is 10.0. The first-order valence-electron chi connectivity index (χ1n) is 12.5. The molecule has 4 rings (SSSR count). The van der Waals surface area contributed by atoms with E-state index in [1.54, 1.807) is 26.8 Å². The molecular formula is C26H32F4N6O3. The van der Waals surface area contributed by atoms with Gasteiger partial charge in [-0.2, -0.15) is 5.10 Å². The SMILES string of the molecule is C=N/C(=C(F)\C=C(\F)CNC1CN(C(=O)OC(C)(C)C)CC(F)(F)C1)c1cnc2cc(OC)c(C3CC3)nn12. The fraction of sp³-hybridized carbons (Fsp3) is 0.538. The molecule has 0 aromatic carbocycles. The van der Waals surface area contributed by atoms with Gasteiger partial charge in [-0.3, -0.25) is 4.99 Å². The number of fused-ring (bicyclic) bond motifs is 1. The monoisotopic (exact) mass is 552 g/mol. The highest BCUT2D eigenvalue weighted by Crippen LogP contribution is 2.43. The number of carbonyl (C=O) groups is 1. The Morgan fingerprint density at radius 2 is 2.05 bits per heavy atom. The standard InChI is InChI=1S/C26H32F4N6O3/c1-25(2,3)39-24(37)35-13-17(10-26(29,30)14-35)32-11-16(27)8-18(28)23(31-4)19-12-33-21-9-20(38-5)22(15-6-7-15)34-36(19)21/h8-9,12,15,17,32H,4,6-7,10-11,13-14H2,1-3,5H3/b16-8+,23-18+. The summed E-state index contributed by atoms with van der Waals surface area (Å²) in [6.45, 7) is 6.82. The van der Waals surface area contributed by atoms with E-state index in [0.29, 0.717) is 23.2 Å². The lowest BCUT2D eigenvalue weighted by Crippen LogP contribution is -2.56. The summed E-state index contributed by atoms with van der Waals surface area (Å²) < 4.78 is 70.5. The van der Waals surface area contributed by atoms with Gasteiger partial charge in [0.25, 0.3) is 5.92 Å². The fourth-order valence-corrected chi connectivity index (χ4v) is 4.36. The third kappa shape index (κ3) is 6.94. The Hall–Kier alpha value is -3.48. The molecule has 2 fully saturated rings. The Balaban J connectivity index is 1.49. The molecule has 1 amide bonds. The van der Waals surface area contributed by atoms with Crippen LogP contribution in [0.1, 0.15) is 57.3 Å². The van der Waals surface area contributed by atoms with Gasteiger partial charge in [0.1, 0.15) is 34.3 Å². The van der Waals surface area contributed by atoms with Gasteiger partial charge in [0.2, 0.25) is 0 Å². The molecule has 3 heterocycles. The largest absolute Gasteiger partial charge is 0.495 e. The number of halogens is 4. The highest BCUT2D eigenvalue weighted by Gasteiger charge is 2.43. The second-order valence-corrected chi connectivity index (χ2v) is 10.7. The van der Waals surface area contributed by atoms with Crippen molar-refractivity contribution in [2.45, 2.75) is 63.5 Å². The number of imidazole rings is 1. The van der Waals surface area contributed by atoms with Crippen LogP contribution in [0.4, 0.5) is 22.4 Å². The third-order valence-electron chi connectivity index (χ3n) is 6.20. The van der Waals surface area contributed by atoms with Crippen LogP contribution in [0.2, 0.25) is 0 Å². The molecule has 1 unspecified atom stereocenters. The van der Waals surface area contributed by atoms with E-state index in [2.05, 4.69) is 27.1 Å². The molecular weight excluding hydrogens is 520 g/mol. The van der Waals surface area contributed by atoms with Crippen molar-refractivity contribution in [2.75, 3.05) is 26.7 Å². The topological polar surface area (TPSA) is 93.4 Å². The number of aromatic nitrogens is 3. The number of carbonyl (C=O) groups excluding carboxylic acids is 1. The first-order valence-corrected chi connectivity index (χ1v) is 12.5. The number of methoxy groups -OCH3 is 1. The molecule has 1 saturated carbocycles. The fourth-order valence-electron chi connectivity index (χ4n) is 4.36. The summed E-state index contributed by atoms with van der Waals surface area (Å²) in [6, 6.07) is 0.743. The number of likely N-dealkylation sites (tertiary alicyclic amines) is 1. The maximum Gasteiger partial charge on any atom is 0.410 e. The summed E-state index contributed by atoms with van der Waals surface area (Å²) in [5.74, 6) is -4.39. The molecule has 212 valence electrons. The van der Waals surface area contributed by atoms with E-state index in [0.717, 1.165) is 17.7 Å². The van der Waals surface area contributed by atoms with Crippen LogP contribution >= 0.6 is 0 Å². The Bertz CT molecular complexity index is 1310. The predicted molar refractivity (Wildman–Crippen MR) is 137 cm³/mol. The number of rotatable bonds is 8. The number of allylic oxidation sites excluding steroid dienone is 2. The maximum atomic E-state index is 15.2. The average Bonchev–Trinajstić information content (AvgIpc) is 3.61. The molecule has 2 aliphatic rings. The van der Waals surface area contributed by atoms with Crippen molar-refractivity contribution in [2.24, 2.45) is 4.99 Å². The first-order chi connectivity index (χ1) is 18.3. The van der Waals surface area contributed by atoms with E-state index >= 15 is 4.39 Å². The van der Waals surface area contributed by atoms with Crippen LogP contribution in [-0.2, 0) is 4.74 Å². The number of piperidine rings is 1. The smallest absolute Gasteiger partial charge is 0.410 e. The van der Waals surface area contributed by atoms with Gasteiger partial charge in [-0.15, -0.1) is 0 Å². The highest BCUT2D eigenvalue weighted by atomic mass is 19.3. The van der Waals surface area contributed by atoms with Crippen molar-refractivity contribution in [1.82, 2.24) is 24.8 Å². The summed E-state index contributed by atoms with van der Waals surface area (Å²) in [5.41, 5.74) is 0.128. The van der Waals surface area contributed by atoms with Crippen LogP contribution in [0, 0.1) is 0 Å². The van der Waals surface area contributed by atoms with Crippen molar-refractivity contribution >= 4 is 24.2 Å². The molecule has 1 aliphatic carbocycles. The Labute approximate surface area is 223 Å². The van der Waals surface area contributed by atoms with Gasteiger partial charge in [0.15, 0.2) is 11.5 Å². The van der Waals surface area contributed by atoms with Crippen LogP contribution in [0.25, 0.3) is 11.3 Å². The van der Waals surface area contributed by atoms with Gasteiger partial charge in [-0.1, -0.05) is 0 Å². The third-order valence-corrected chi connectivity index (χ3v) is 6.20. The molecule has 1 N–H and O–H groups in total.